The number of thioether (sulfide) groups is 1. The Bertz CT molecular complexity index is 258. The van der Waals surface area contributed by atoms with E-state index < -0.39 is 5.60 Å². The van der Waals surface area contributed by atoms with E-state index in [-0.39, 0.29) is 0 Å². The summed E-state index contributed by atoms with van der Waals surface area (Å²) in [6, 6.07) is 1.85. The lowest BCUT2D eigenvalue weighted by atomic mass is 9.94. The second-order valence-electron chi connectivity index (χ2n) is 3.37. The minimum absolute atomic E-state index is 0.546. The maximum Gasteiger partial charge on any atom is 0.103 e. The van der Waals surface area contributed by atoms with Gasteiger partial charge in [-0.1, -0.05) is 6.92 Å². The standard InChI is InChI=1S/C9H12O2S/c1-7-4-9(10,6-12-7)8-2-3-11-5-8/h2-3,5,7,10H,4,6H2,1H3. The number of hydrogen-bond donors (Lipinski definition) is 1. The second kappa shape index (κ2) is 2.82. The molecule has 12 heavy (non-hydrogen) atoms. The Morgan fingerprint density at radius 3 is 3.08 bits per heavy atom. The molecule has 1 aromatic rings. The zero-order valence-corrected chi connectivity index (χ0v) is 7.80. The van der Waals surface area contributed by atoms with Gasteiger partial charge in [-0.3, -0.25) is 0 Å². The molecule has 2 rings (SSSR count). The molecule has 0 radical (unpaired) electrons. The minimum Gasteiger partial charge on any atom is -0.472 e. The summed E-state index contributed by atoms with van der Waals surface area (Å²) in [6.07, 6.45) is 4.08. The van der Waals surface area contributed by atoms with Crippen molar-refractivity contribution in [2.24, 2.45) is 0 Å². The van der Waals surface area contributed by atoms with Crippen molar-refractivity contribution in [1.82, 2.24) is 0 Å². The molecule has 1 N–H and O–H groups in total. The molecular weight excluding hydrogens is 172 g/mol. The fourth-order valence-corrected chi connectivity index (χ4v) is 2.84. The summed E-state index contributed by atoms with van der Waals surface area (Å²) >= 11 is 1.81. The van der Waals surface area contributed by atoms with Crippen LogP contribution in [0.3, 0.4) is 0 Å². The van der Waals surface area contributed by atoms with Gasteiger partial charge in [0, 0.05) is 16.6 Å². The molecule has 2 atom stereocenters. The van der Waals surface area contributed by atoms with E-state index in [0.717, 1.165) is 17.7 Å². The first kappa shape index (κ1) is 8.20. The van der Waals surface area contributed by atoms with Gasteiger partial charge < -0.3 is 9.52 Å². The third-order valence-corrected chi connectivity index (χ3v) is 3.67. The third kappa shape index (κ3) is 1.27. The molecule has 3 heteroatoms. The molecule has 2 nitrogen and oxygen atoms in total. The van der Waals surface area contributed by atoms with Crippen LogP contribution in [-0.4, -0.2) is 16.1 Å². The van der Waals surface area contributed by atoms with Crippen LogP contribution >= 0.6 is 11.8 Å². The summed E-state index contributed by atoms with van der Waals surface area (Å²) in [7, 11) is 0. The predicted octanol–water partition coefficient (Wildman–Crippen LogP) is 1.99. The number of hydrogen-bond acceptors (Lipinski definition) is 3. The Hall–Kier alpha value is -0.410. The molecule has 1 aliphatic heterocycles. The van der Waals surface area contributed by atoms with Crippen molar-refractivity contribution in [3.05, 3.63) is 24.2 Å². The smallest absolute Gasteiger partial charge is 0.103 e. The SMILES string of the molecule is CC1CC(O)(c2ccoc2)CS1. The van der Waals surface area contributed by atoms with Crippen molar-refractivity contribution in [1.29, 1.82) is 0 Å². The zero-order chi connectivity index (χ0) is 8.60. The molecule has 0 aliphatic carbocycles. The molecule has 2 unspecified atom stereocenters. The van der Waals surface area contributed by atoms with Gasteiger partial charge in [0.25, 0.3) is 0 Å². The molecular formula is C9H12O2S. The fraction of sp³-hybridized carbons (Fsp3) is 0.556. The van der Waals surface area contributed by atoms with E-state index in [1.807, 2.05) is 17.8 Å². The monoisotopic (exact) mass is 184 g/mol. The van der Waals surface area contributed by atoms with E-state index in [1.165, 1.54) is 0 Å². The molecule has 1 saturated heterocycles. The van der Waals surface area contributed by atoms with E-state index >= 15 is 0 Å². The zero-order valence-electron chi connectivity index (χ0n) is 6.99. The lowest BCUT2D eigenvalue weighted by molar-refractivity contribution is 0.0606. The highest BCUT2D eigenvalue weighted by Crippen LogP contribution is 2.41. The Kier molecular flexibility index (Phi) is 1.93. The van der Waals surface area contributed by atoms with Gasteiger partial charge >= 0.3 is 0 Å². The Labute approximate surface area is 76.0 Å². The van der Waals surface area contributed by atoms with Crippen molar-refractivity contribution >= 4 is 11.8 Å². The van der Waals surface area contributed by atoms with Crippen molar-refractivity contribution in [3.63, 3.8) is 0 Å². The molecule has 0 saturated carbocycles. The third-order valence-electron chi connectivity index (χ3n) is 2.29. The van der Waals surface area contributed by atoms with Gasteiger partial charge in [-0.25, -0.2) is 0 Å². The number of aliphatic hydroxyl groups is 1. The van der Waals surface area contributed by atoms with Crippen LogP contribution in [0, 0.1) is 0 Å². The average Bonchev–Trinajstić information content (AvgIpc) is 2.59. The summed E-state index contributed by atoms with van der Waals surface area (Å²) < 4.78 is 4.96. The highest BCUT2D eigenvalue weighted by atomic mass is 32.2. The molecule has 0 spiro atoms. The van der Waals surface area contributed by atoms with Crippen molar-refractivity contribution < 1.29 is 9.52 Å². The van der Waals surface area contributed by atoms with Gasteiger partial charge in [-0.05, 0) is 12.5 Å². The molecule has 0 bridgehead atoms. The topological polar surface area (TPSA) is 33.4 Å². The van der Waals surface area contributed by atoms with E-state index in [9.17, 15) is 5.11 Å². The molecule has 1 fully saturated rings. The fourth-order valence-electron chi connectivity index (χ4n) is 1.60. The van der Waals surface area contributed by atoms with Crippen molar-refractivity contribution in [3.8, 4) is 0 Å². The normalized spacial score (nSPS) is 35.7. The molecule has 0 amide bonds. The largest absolute Gasteiger partial charge is 0.472 e. The average molecular weight is 184 g/mol. The Balaban J connectivity index is 2.23. The van der Waals surface area contributed by atoms with Crippen LogP contribution in [0.5, 0.6) is 0 Å². The van der Waals surface area contributed by atoms with E-state index in [1.54, 1.807) is 12.5 Å². The lowest BCUT2D eigenvalue weighted by Crippen LogP contribution is -2.24. The van der Waals surface area contributed by atoms with Crippen molar-refractivity contribution in [2.45, 2.75) is 24.2 Å². The second-order valence-corrected chi connectivity index (χ2v) is 4.80. The first-order valence-corrected chi connectivity index (χ1v) is 5.12. The Morgan fingerprint density at radius 1 is 1.75 bits per heavy atom. The first-order chi connectivity index (χ1) is 5.71. The molecule has 66 valence electrons. The maximum absolute atomic E-state index is 10.1. The van der Waals surface area contributed by atoms with Crippen LogP contribution < -0.4 is 0 Å². The van der Waals surface area contributed by atoms with Gasteiger partial charge in [0.2, 0.25) is 0 Å². The summed E-state index contributed by atoms with van der Waals surface area (Å²) in [5.41, 5.74) is 0.274. The van der Waals surface area contributed by atoms with Crippen LogP contribution in [0.1, 0.15) is 18.9 Å². The summed E-state index contributed by atoms with van der Waals surface area (Å²) in [6.45, 7) is 2.14. The van der Waals surface area contributed by atoms with E-state index in [0.29, 0.717) is 5.25 Å². The quantitative estimate of drug-likeness (QED) is 0.724. The highest BCUT2D eigenvalue weighted by Gasteiger charge is 2.38. The van der Waals surface area contributed by atoms with Crippen LogP contribution in [0.2, 0.25) is 0 Å². The van der Waals surface area contributed by atoms with Crippen molar-refractivity contribution in [2.75, 3.05) is 5.75 Å². The molecule has 2 heterocycles. The van der Waals surface area contributed by atoms with Gasteiger partial charge in [-0.2, -0.15) is 11.8 Å². The van der Waals surface area contributed by atoms with Gasteiger partial charge in [-0.15, -0.1) is 0 Å². The van der Waals surface area contributed by atoms with E-state index in [2.05, 4.69) is 6.92 Å². The van der Waals surface area contributed by atoms with Crippen LogP contribution in [0.4, 0.5) is 0 Å². The van der Waals surface area contributed by atoms with Gasteiger partial charge in [0.1, 0.15) is 5.60 Å². The summed E-state index contributed by atoms with van der Waals surface area (Å²) in [5.74, 6) is 0.785. The number of rotatable bonds is 1. The summed E-state index contributed by atoms with van der Waals surface area (Å²) in [5, 5.41) is 10.7. The first-order valence-electron chi connectivity index (χ1n) is 4.07. The number of furan rings is 1. The van der Waals surface area contributed by atoms with Gasteiger partial charge in [0.15, 0.2) is 0 Å². The lowest BCUT2D eigenvalue weighted by Gasteiger charge is -2.19. The molecule has 1 aromatic heterocycles. The molecule has 0 aromatic carbocycles. The van der Waals surface area contributed by atoms with Crippen LogP contribution in [-0.2, 0) is 5.60 Å². The van der Waals surface area contributed by atoms with E-state index in [4.69, 9.17) is 4.42 Å². The van der Waals surface area contributed by atoms with Crippen LogP contribution in [0.15, 0.2) is 23.0 Å². The van der Waals surface area contributed by atoms with Gasteiger partial charge in [0.05, 0.1) is 12.5 Å². The van der Waals surface area contributed by atoms with Crippen LogP contribution in [0.25, 0.3) is 0 Å². The Morgan fingerprint density at radius 2 is 2.58 bits per heavy atom. The molecule has 1 aliphatic rings. The highest BCUT2D eigenvalue weighted by molar-refractivity contribution is 8.00. The maximum atomic E-state index is 10.1. The predicted molar refractivity (Wildman–Crippen MR) is 49.1 cm³/mol. The summed E-state index contributed by atoms with van der Waals surface area (Å²) in [4.78, 5) is 0. The minimum atomic E-state index is -0.642.